The molecule has 150 valence electrons. The van der Waals surface area contributed by atoms with Crippen molar-refractivity contribution in [3.05, 3.63) is 65.7 Å². The van der Waals surface area contributed by atoms with Gasteiger partial charge in [0.2, 0.25) is 10.0 Å². The van der Waals surface area contributed by atoms with Crippen LogP contribution in [0.25, 0.3) is 0 Å². The third kappa shape index (κ3) is 3.69. The van der Waals surface area contributed by atoms with Crippen molar-refractivity contribution in [1.82, 2.24) is 15.2 Å². The van der Waals surface area contributed by atoms with Crippen molar-refractivity contribution in [3.63, 3.8) is 0 Å². The summed E-state index contributed by atoms with van der Waals surface area (Å²) in [5.41, 5.74) is 7.87. The van der Waals surface area contributed by atoms with E-state index in [1.54, 1.807) is 0 Å². The molecule has 0 aromatic heterocycles. The first-order valence-electron chi connectivity index (χ1n) is 9.45. The zero-order valence-electron chi connectivity index (χ0n) is 15.3. The van der Waals surface area contributed by atoms with Gasteiger partial charge in [-0.15, -0.1) is 0 Å². The lowest BCUT2D eigenvalue weighted by Gasteiger charge is -2.36. The van der Waals surface area contributed by atoms with E-state index in [4.69, 9.17) is 0 Å². The number of benzene rings is 2. The van der Waals surface area contributed by atoms with Crippen LogP contribution in [0.3, 0.4) is 0 Å². The zero-order chi connectivity index (χ0) is 19.7. The lowest BCUT2D eigenvalue weighted by molar-refractivity contribution is 0.222. The molecule has 0 aliphatic carbocycles. The molecular formula is C20H23F2N3O2S. The van der Waals surface area contributed by atoms with E-state index in [1.165, 1.54) is 9.87 Å². The van der Waals surface area contributed by atoms with E-state index in [0.717, 1.165) is 24.7 Å². The minimum Gasteiger partial charge on any atom is -0.257 e. The first kappa shape index (κ1) is 19.4. The van der Waals surface area contributed by atoms with Crippen LogP contribution in [0.5, 0.6) is 0 Å². The van der Waals surface area contributed by atoms with Crippen molar-refractivity contribution >= 4 is 10.0 Å². The van der Waals surface area contributed by atoms with Crippen LogP contribution in [0, 0.1) is 17.6 Å². The summed E-state index contributed by atoms with van der Waals surface area (Å²) in [4.78, 5) is -0.201. The Morgan fingerprint density at radius 3 is 2.36 bits per heavy atom. The predicted molar refractivity (Wildman–Crippen MR) is 102 cm³/mol. The molecule has 2 aromatic rings. The molecule has 2 fully saturated rings. The molecule has 2 heterocycles. The van der Waals surface area contributed by atoms with Crippen LogP contribution in [-0.4, -0.2) is 38.4 Å². The Labute approximate surface area is 163 Å². The molecule has 0 saturated carbocycles. The van der Waals surface area contributed by atoms with Crippen molar-refractivity contribution < 1.29 is 17.2 Å². The summed E-state index contributed by atoms with van der Waals surface area (Å²) in [6, 6.07) is 13.3. The number of nitrogens with one attached hydrogen (secondary N) is 2. The average molecular weight is 407 g/mol. The Morgan fingerprint density at radius 1 is 0.964 bits per heavy atom. The number of piperidine rings is 1. The van der Waals surface area contributed by atoms with E-state index >= 15 is 0 Å². The number of hydrogen-bond donors (Lipinski definition) is 2. The molecule has 0 bridgehead atoms. The van der Waals surface area contributed by atoms with Crippen LogP contribution in [0.4, 0.5) is 8.78 Å². The van der Waals surface area contributed by atoms with Gasteiger partial charge >= 0.3 is 0 Å². The van der Waals surface area contributed by atoms with E-state index in [1.807, 2.05) is 18.2 Å². The lowest BCUT2D eigenvalue weighted by atomic mass is 9.81. The van der Waals surface area contributed by atoms with Crippen molar-refractivity contribution in [1.29, 1.82) is 0 Å². The summed E-state index contributed by atoms with van der Waals surface area (Å²) in [5.74, 6) is -1.54. The van der Waals surface area contributed by atoms with Crippen LogP contribution in [0.15, 0.2) is 53.4 Å². The van der Waals surface area contributed by atoms with E-state index in [2.05, 4.69) is 23.0 Å². The predicted octanol–water partition coefficient (Wildman–Crippen LogP) is 2.63. The number of rotatable bonds is 4. The molecule has 2 saturated heterocycles. The van der Waals surface area contributed by atoms with Crippen molar-refractivity contribution in [2.24, 2.45) is 5.92 Å². The maximum absolute atomic E-state index is 13.5. The Kier molecular flexibility index (Phi) is 5.46. The largest absolute Gasteiger partial charge is 0.257 e. The van der Waals surface area contributed by atoms with Crippen LogP contribution in [0.2, 0.25) is 0 Å². The van der Waals surface area contributed by atoms with Crippen LogP contribution < -0.4 is 10.9 Å². The molecule has 28 heavy (non-hydrogen) atoms. The molecule has 2 atom stereocenters. The normalized spacial score (nSPS) is 24.5. The van der Waals surface area contributed by atoms with Gasteiger partial charge in [0.1, 0.15) is 0 Å². The second-order valence-corrected chi connectivity index (χ2v) is 9.32. The first-order valence-corrected chi connectivity index (χ1v) is 10.9. The fourth-order valence-electron chi connectivity index (χ4n) is 4.25. The summed E-state index contributed by atoms with van der Waals surface area (Å²) in [6.07, 6.45) is 1.43. The quantitative estimate of drug-likeness (QED) is 0.818. The molecule has 8 heteroatoms. The maximum atomic E-state index is 13.5. The Balaban J connectivity index is 1.45. The fraction of sp³-hybridized carbons (Fsp3) is 0.400. The lowest BCUT2D eigenvalue weighted by Crippen LogP contribution is -2.45. The Bertz CT molecular complexity index is 932. The highest BCUT2D eigenvalue weighted by Gasteiger charge is 2.38. The van der Waals surface area contributed by atoms with E-state index in [9.17, 15) is 17.2 Å². The van der Waals surface area contributed by atoms with Crippen LogP contribution in [-0.2, 0) is 10.0 Å². The average Bonchev–Trinajstić information content (AvgIpc) is 3.20. The van der Waals surface area contributed by atoms with Gasteiger partial charge in [-0.2, -0.15) is 4.31 Å². The van der Waals surface area contributed by atoms with Gasteiger partial charge in [0.05, 0.1) is 4.90 Å². The minimum atomic E-state index is -3.82. The zero-order valence-corrected chi connectivity index (χ0v) is 16.1. The van der Waals surface area contributed by atoms with Gasteiger partial charge in [-0.05, 0) is 42.5 Å². The topological polar surface area (TPSA) is 61.4 Å². The second kappa shape index (κ2) is 7.87. The van der Waals surface area contributed by atoms with E-state index in [0.29, 0.717) is 37.8 Å². The smallest absolute Gasteiger partial charge is 0.243 e. The fourth-order valence-corrected chi connectivity index (χ4v) is 5.73. The summed E-state index contributed by atoms with van der Waals surface area (Å²) >= 11 is 0. The highest BCUT2D eigenvalue weighted by Crippen LogP contribution is 2.33. The molecule has 2 N–H and O–H groups in total. The van der Waals surface area contributed by atoms with E-state index in [-0.39, 0.29) is 10.9 Å². The summed E-state index contributed by atoms with van der Waals surface area (Å²) in [7, 11) is -3.82. The van der Waals surface area contributed by atoms with Gasteiger partial charge in [0.15, 0.2) is 11.6 Å². The minimum absolute atomic E-state index is 0.201. The molecule has 0 radical (unpaired) electrons. The highest BCUT2D eigenvalue weighted by atomic mass is 32.2. The van der Waals surface area contributed by atoms with Crippen molar-refractivity contribution in [2.75, 3.05) is 19.6 Å². The van der Waals surface area contributed by atoms with Gasteiger partial charge in [0.25, 0.3) is 0 Å². The summed E-state index contributed by atoms with van der Waals surface area (Å²) in [6.45, 7) is 1.57. The number of hydrogen-bond acceptors (Lipinski definition) is 4. The number of sulfonamides is 1. The van der Waals surface area contributed by atoms with Crippen molar-refractivity contribution in [2.45, 2.75) is 29.7 Å². The second-order valence-electron chi connectivity index (χ2n) is 7.39. The molecular weight excluding hydrogens is 384 g/mol. The Morgan fingerprint density at radius 2 is 1.68 bits per heavy atom. The SMILES string of the molecule is O=S(=O)(c1ccc(F)c(F)c1)N1CCC(C2NNCC2c2ccccc2)CC1. The number of halogens is 2. The molecule has 4 rings (SSSR count). The molecule has 0 amide bonds. The summed E-state index contributed by atoms with van der Waals surface area (Å²) < 4.78 is 53.5. The molecule has 2 unspecified atom stereocenters. The first-order chi connectivity index (χ1) is 13.5. The van der Waals surface area contributed by atoms with E-state index < -0.39 is 21.7 Å². The maximum Gasteiger partial charge on any atom is 0.243 e. The van der Waals surface area contributed by atoms with Crippen LogP contribution in [0.1, 0.15) is 24.3 Å². The molecule has 0 spiro atoms. The number of hydrazine groups is 1. The monoisotopic (exact) mass is 407 g/mol. The summed E-state index contributed by atoms with van der Waals surface area (Å²) in [5, 5.41) is 0. The van der Waals surface area contributed by atoms with Gasteiger partial charge in [0, 0.05) is 31.6 Å². The molecule has 2 aliphatic heterocycles. The van der Waals surface area contributed by atoms with Gasteiger partial charge in [-0.3, -0.25) is 10.9 Å². The molecule has 2 aliphatic rings. The third-order valence-corrected chi connectivity index (χ3v) is 7.68. The van der Waals surface area contributed by atoms with Gasteiger partial charge < -0.3 is 0 Å². The molecule has 5 nitrogen and oxygen atoms in total. The van der Waals surface area contributed by atoms with Crippen molar-refractivity contribution in [3.8, 4) is 0 Å². The standard InChI is InChI=1S/C20H23F2N3O2S/c21-18-7-6-16(12-19(18)22)28(26,27)25-10-8-15(9-11-25)20-17(13-23-24-20)14-4-2-1-3-5-14/h1-7,12,15,17,20,23-24H,8-11,13H2. The third-order valence-electron chi connectivity index (χ3n) is 5.79. The van der Waals surface area contributed by atoms with Gasteiger partial charge in [-0.1, -0.05) is 30.3 Å². The highest BCUT2D eigenvalue weighted by molar-refractivity contribution is 7.89. The van der Waals surface area contributed by atoms with Gasteiger partial charge in [-0.25, -0.2) is 17.2 Å². The molecule has 2 aromatic carbocycles. The Hall–Kier alpha value is -1.87. The van der Waals surface area contributed by atoms with Crippen LogP contribution >= 0.6 is 0 Å². The number of nitrogens with zero attached hydrogens (tertiary/aromatic N) is 1.